The summed E-state index contributed by atoms with van der Waals surface area (Å²) in [4.78, 5) is 11.1. The SMILES string of the molecule is CCNC(=O)NCc1cccc(C#N)c1. The summed E-state index contributed by atoms with van der Waals surface area (Å²) in [5.41, 5.74) is 1.52. The lowest BCUT2D eigenvalue weighted by Crippen LogP contribution is -2.34. The minimum atomic E-state index is -0.195. The maximum atomic E-state index is 11.1. The van der Waals surface area contributed by atoms with Gasteiger partial charge in [-0.1, -0.05) is 12.1 Å². The molecule has 0 bridgehead atoms. The summed E-state index contributed by atoms with van der Waals surface area (Å²) in [5.74, 6) is 0. The number of hydrogen-bond acceptors (Lipinski definition) is 2. The van der Waals surface area contributed by atoms with Crippen molar-refractivity contribution in [2.75, 3.05) is 6.54 Å². The Kier molecular flexibility index (Phi) is 4.17. The molecule has 0 spiro atoms. The van der Waals surface area contributed by atoms with Crippen molar-refractivity contribution < 1.29 is 4.79 Å². The summed E-state index contributed by atoms with van der Waals surface area (Å²) in [6.07, 6.45) is 0. The van der Waals surface area contributed by atoms with Crippen molar-refractivity contribution in [2.45, 2.75) is 13.5 Å². The lowest BCUT2D eigenvalue weighted by atomic mass is 10.1. The zero-order valence-corrected chi connectivity index (χ0v) is 8.58. The molecule has 0 fully saturated rings. The molecule has 1 rings (SSSR count). The van der Waals surface area contributed by atoms with Crippen molar-refractivity contribution >= 4 is 6.03 Å². The van der Waals surface area contributed by atoms with E-state index in [9.17, 15) is 4.79 Å². The standard InChI is InChI=1S/C11H13N3O/c1-2-13-11(15)14-8-10-5-3-4-9(6-10)7-12/h3-6H,2,8H2,1H3,(H2,13,14,15). The summed E-state index contributed by atoms with van der Waals surface area (Å²) in [5, 5.41) is 14.0. The predicted molar refractivity (Wildman–Crippen MR) is 57.1 cm³/mol. The molecule has 15 heavy (non-hydrogen) atoms. The van der Waals surface area contributed by atoms with Crippen LogP contribution in [0.1, 0.15) is 18.1 Å². The highest BCUT2D eigenvalue weighted by molar-refractivity contribution is 5.73. The molecule has 4 nitrogen and oxygen atoms in total. The summed E-state index contributed by atoms with van der Waals surface area (Å²) < 4.78 is 0. The van der Waals surface area contributed by atoms with Crippen LogP contribution in [0.5, 0.6) is 0 Å². The Labute approximate surface area is 88.9 Å². The second-order valence-corrected chi connectivity index (χ2v) is 3.03. The highest BCUT2D eigenvalue weighted by atomic mass is 16.2. The maximum absolute atomic E-state index is 11.1. The fourth-order valence-corrected chi connectivity index (χ4v) is 1.16. The molecule has 0 unspecified atom stereocenters. The minimum Gasteiger partial charge on any atom is -0.338 e. The van der Waals surface area contributed by atoms with Crippen LogP contribution >= 0.6 is 0 Å². The number of hydrogen-bond donors (Lipinski definition) is 2. The molecule has 2 N–H and O–H groups in total. The maximum Gasteiger partial charge on any atom is 0.315 e. The Balaban J connectivity index is 2.51. The molecule has 0 saturated heterocycles. The van der Waals surface area contributed by atoms with Crippen molar-refractivity contribution in [2.24, 2.45) is 0 Å². The van der Waals surface area contributed by atoms with Gasteiger partial charge >= 0.3 is 6.03 Å². The number of carbonyl (C=O) groups excluding carboxylic acids is 1. The van der Waals surface area contributed by atoms with Gasteiger partial charge in [-0.15, -0.1) is 0 Å². The van der Waals surface area contributed by atoms with E-state index in [4.69, 9.17) is 5.26 Å². The first-order valence-corrected chi connectivity index (χ1v) is 4.77. The third-order valence-electron chi connectivity index (χ3n) is 1.85. The van der Waals surface area contributed by atoms with Crippen LogP contribution in [0.3, 0.4) is 0 Å². The molecule has 0 radical (unpaired) electrons. The van der Waals surface area contributed by atoms with Gasteiger partial charge in [0.15, 0.2) is 0 Å². The number of nitrogens with zero attached hydrogens (tertiary/aromatic N) is 1. The number of benzene rings is 1. The van der Waals surface area contributed by atoms with E-state index >= 15 is 0 Å². The summed E-state index contributed by atoms with van der Waals surface area (Å²) in [6.45, 7) is 2.89. The van der Waals surface area contributed by atoms with Crippen molar-refractivity contribution in [3.05, 3.63) is 35.4 Å². The van der Waals surface area contributed by atoms with Gasteiger partial charge in [-0.05, 0) is 24.6 Å². The molecule has 0 aromatic heterocycles. The molecule has 0 aliphatic carbocycles. The Hall–Kier alpha value is -2.02. The number of nitrogens with one attached hydrogen (secondary N) is 2. The molecule has 1 aromatic carbocycles. The average Bonchev–Trinajstić information content (AvgIpc) is 2.27. The van der Waals surface area contributed by atoms with Crippen LogP contribution in [0.15, 0.2) is 24.3 Å². The van der Waals surface area contributed by atoms with E-state index in [1.54, 1.807) is 18.2 Å². The Morgan fingerprint density at radius 1 is 1.47 bits per heavy atom. The van der Waals surface area contributed by atoms with Crippen molar-refractivity contribution in [3.63, 3.8) is 0 Å². The first-order chi connectivity index (χ1) is 7.26. The molecule has 0 aliphatic rings. The molecule has 1 aromatic rings. The van der Waals surface area contributed by atoms with Crippen LogP contribution < -0.4 is 10.6 Å². The second kappa shape index (κ2) is 5.66. The molecule has 0 atom stereocenters. The van der Waals surface area contributed by atoms with Crippen molar-refractivity contribution in [1.82, 2.24) is 10.6 Å². The minimum absolute atomic E-state index is 0.195. The van der Waals surface area contributed by atoms with E-state index < -0.39 is 0 Å². The first-order valence-electron chi connectivity index (χ1n) is 4.77. The first kappa shape index (κ1) is 11.1. The lowest BCUT2D eigenvalue weighted by Gasteiger charge is -2.05. The van der Waals surface area contributed by atoms with E-state index in [0.29, 0.717) is 18.7 Å². The largest absolute Gasteiger partial charge is 0.338 e. The monoisotopic (exact) mass is 203 g/mol. The predicted octanol–water partition coefficient (Wildman–Crippen LogP) is 1.38. The summed E-state index contributed by atoms with van der Waals surface area (Å²) in [7, 11) is 0. The van der Waals surface area contributed by atoms with E-state index in [1.807, 2.05) is 13.0 Å². The molecule has 0 aliphatic heterocycles. The highest BCUT2D eigenvalue weighted by Gasteiger charge is 1.98. The Bertz CT molecular complexity index is 382. The van der Waals surface area contributed by atoms with E-state index in [2.05, 4.69) is 16.7 Å². The summed E-state index contributed by atoms with van der Waals surface area (Å²) >= 11 is 0. The molecule has 2 amide bonds. The number of carbonyl (C=O) groups is 1. The molecule has 78 valence electrons. The zero-order chi connectivity index (χ0) is 11.1. The number of urea groups is 1. The third-order valence-corrected chi connectivity index (χ3v) is 1.85. The van der Waals surface area contributed by atoms with Gasteiger partial charge in [-0.25, -0.2) is 4.79 Å². The molecular formula is C11H13N3O. The lowest BCUT2D eigenvalue weighted by molar-refractivity contribution is 0.241. The normalized spacial score (nSPS) is 9.07. The molecular weight excluding hydrogens is 190 g/mol. The van der Waals surface area contributed by atoms with E-state index in [0.717, 1.165) is 5.56 Å². The Morgan fingerprint density at radius 3 is 2.93 bits per heavy atom. The van der Waals surface area contributed by atoms with Crippen molar-refractivity contribution in [1.29, 1.82) is 5.26 Å². The number of rotatable bonds is 3. The topological polar surface area (TPSA) is 64.9 Å². The molecule has 0 saturated carbocycles. The van der Waals surface area contributed by atoms with Crippen molar-refractivity contribution in [3.8, 4) is 6.07 Å². The zero-order valence-electron chi connectivity index (χ0n) is 8.58. The van der Waals surface area contributed by atoms with E-state index in [-0.39, 0.29) is 6.03 Å². The molecule has 0 heterocycles. The highest BCUT2D eigenvalue weighted by Crippen LogP contribution is 2.03. The fourth-order valence-electron chi connectivity index (χ4n) is 1.16. The Morgan fingerprint density at radius 2 is 2.27 bits per heavy atom. The van der Waals surface area contributed by atoms with Gasteiger partial charge in [0.2, 0.25) is 0 Å². The average molecular weight is 203 g/mol. The van der Waals surface area contributed by atoms with Crippen LogP contribution in [-0.4, -0.2) is 12.6 Å². The number of nitriles is 1. The quantitative estimate of drug-likeness (QED) is 0.779. The third kappa shape index (κ3) is 3.69. The van der Waals surface area contributed by atoms with Gasteiger partial charge in [0, 0.05) is 13.1 Å². The summed E-state index contributed by atoms with van der Waals surface area (Å²) in [6, 6.07) is 9.01. The van der Waals surface area contributed by atoms with Crippen LogP contribution in [0.4, 0.5) is 4.79 Å². The van der Waals surface area contributed by atoms with Gasteiger partial charge in [0.05, 0.1) is 11.6 Å². The van der Waals surface area contributed by atoms with Gasteiger partial charge in [-0.3, -0.25) is 0 Å². The smallest absolute Gasteiger partial charge is 0.315 e. The van der Waals surface area contributed by atoms with Gasteiger partial charge in [0.1, 0.15) is 0 Å². The number of amides is 2. The van der Waals surface area contributed by atoms with Crippen LogP contribution in [0, 0.1) is 11.3 Å². The molecule has 4 heteroatoms. The van der Waals surface area contributed by atoms with E-state index in [1.165, 1.54) is 0 Å². The fraction of sp³-hybridized carbons (Fsp3) is 0.273. The van der Waals surface area contributed by atoms with Crippen LogP contribution in [-0.2, 0) is 6.54 Å². The van der Waals surface area contributed by atoms with Gasteiger partial charge < -0.3 is 10.6 Å². The van der Waals surface area contributed by atoms with Gasteiger partial charge in [0.25, 0.3) is 0 Å². The van der Waals surface area contributed by atoms with Gasteiger partial charge in [-0.2, -0.15) is 5.26 Å². The van der Waals surface area contributed by atoms with Crippen LogP contribution in [0.25, 0.3) is 0 Å². The second-order valence-electron chi connectivity index (χ2n) is 3.03. The van der Waals surface area contributed by atoms with Crippen LogP contribution in [0.2, 0.25) is 0 Å².